The van der Waals surface area contributed by atoms with Crippen LogP contribution in [-0.2, 0) is 0 Å². The highest BCUT2D eigenvalue weighted by atomic mass is 14.0. The Labute approximate surface area is 129 Å². The van der Waals surface area contributed by atoms with E-state index in [2.05, 4.69) is 38.5 Å². The third-order valence-corrected chi connectivity index (χ3v) is 1.83. The normalized spacial score (nSPS) is 10.5. The molecule has 0 N–H and O–H groups in total. The van der Waals surface area contributed by atoms with Crippen molar-refractivity contribution in [1.29, 1.82) is 0 Å². The van der Waals surface area contributed by atoms with Crippen LogP contribution in [0.1, 0.15) is 54.4 Å². The minimum absolute atomic E-state index is 1.14. The summed E-state index contributed by atoms with van der Waals surface area (Å²) < 4.78 is 0. The lowest BCUT2D eigenvalue weighted by atomic mass is 9.98. The number of hydrogen-bond acceptors (Lipinski definition) is 0. The Morgan fingerprint density at radius 1 is 0.650 bits per heavy atom. The molecule has 0 bridgehead atoms. The molecule has 0 atom stereocenters. The summed E-state index contributed by atoms with van der Waals surface area (Å²) in [5.41, 5.74) is 2.45. The van der Waals surface area contributed by atoms with Crippen molar-refractivity contribution in [2.24, 2.45) is 0 Å². The van der Waals surface area contributed by atoms with E-state index in [9.17, 15) is 0 Å². The van der Waals surface area contributed by atoms with E-state index in [0.29, 0.717) is 0 Å². The van der Waals surface area contributed by atoms with Gasteiger partial charge in [0.05, 0.1) is 0 Å². The van der Waals surface area contributed by atoms with Gasteiger partial charge in [0, 0.05) is 0 Å². The molecule has 0 aromatic heterocycles. The van der Waals surface area contributed by atoms with Gasteiger partial charge >= 0.3 is 0 Å². The van der Waals surface area contributed by atoms with E-state index in [1.165, 1.54) is 11.1 Å². The molecule has 0 aromatic rings. The van der Waals surface area contributed by atoms with Crippen molar-refractivity contribution in [2.75, 3.05) is 0 Å². The third kappa shape index (κ3) is 18.8. The fraction of sp³-hybridized carbons (Fsp3) is 0.400. The molecule has 0 nitrogen and oxygen atoms in total. The van der Waals surface area contributed by atoms with Crippen LogP contribution < -0.4 is 0 Å². The quantitative estimate of drug-likeness (QED) is 0.470. The zero-order chi connectivity index (χ0) is 16.8. The van der Waals surface area contributed by atoms with Crippen LogP contribution in [0.2, 0.25) is 0 Å². The van der Waals surface area contributed by atoms with E-state index in [4.69, 9.17) is 0 Å². The largest absolute Gasteiger partial charge is 0.0991 e. The molecule has 0 saturated carbocycles. The van der Waals surface area contributed by atoms with Gasteiger partial charge in [0.25, 0.3) is 0 Å². The lowest BCUT2D eigenvalue weighted by Gasteiger charge is -2.07. The lowest BCUT2D eigenvalue weighted by Crippen LogP contribution is -1.88. The first kappa shape index (κ1) is 26.9. The van der Waals surface area contributed by atoms with Crippen LogP contribution in [0.15, 0.2) is 73.9 Å². The molecule has 0 saturated heterocycles. The Bertz CT molecular complexity index is 244. The van der Waals surface area contributed by atoms with Crippen LogP contribution >= 0.6 is 0 Å². The Kier molecular flexibility index (Phi) is 41.0. The summed E-state index contributed by atoms with van der Waals surface area (Å²) in [6.07, 6.45) is 13.7. The average molecular weight is 277 g/mol. The topological polar surface area (TPSA) is 0 Å². The van der Waals surface area contributed by atoms with Crippen LogP contribution in [-0.4, -0.2) is 0 Å². The summed E-state index contributed by atoms with van der Waals surface area (Å²) in [5.74, 6) is 0. The molecule has 0 radical (unpaired) electrons. The van der Waals surface area contributed by atoms with Crippen LogP contribution in [0.5, 0.6) is 0 Å². The maximum Gasteiger partial charge on any atom is -0.0233 e. The molecular formula is C20H36. The number of rotatable bonds is 3. The smallest absolute Gasteiger partial charge is 0.0233 e. The standard InChI is InChI=1S/C10H12.C4H6.3C2H6/c1-3-9-7-5-6-8-10(9)4-2;1-3-4-2;3*1-2/h3-4,7-8H,1-2,5-6H2;3-4H,1-2H2;3*1-2H3. The van der Waals surface area contributed by atoms with Crippen molar-refractivity contribution < 1.29 is 0 Å². The van der Waals surface area contributed by atoms with Crippen molar-refractivity contribution in [3.05, 3.63) is 73.9 Å². The van der Waals surface area contributed by atoms with E-state index < -0.39 is 0 Å². The van der Waals surface area contributed by atoms with E-state index in [0.717, 1.165) is 12.8 Å². The van der Waals surface area contributed by atoms with Gasteiger partial charge in [0.15, 0.2) is 0 Å². The zero-order valence-corrected chi connectivity index (χ0v) is 14.7. The fourth-order valence-corrected chi connectivity index (χ4v) is 1.12. The summed E-state index contributed by atoms with van der Waals surface area (Å²) >= 11 is 0. The van der Waals surface area contributed by atoms with E-state index in [-0.39, 0.29) is 0 Å². The fourth-order valence-electron chi connectivity index (χ4n) is 1.12. The molecule has 0 amide bonds. The first-order valence-corrected chi connectivity index (χ1v) is 7.69. The molecule has 0 heterocycles. The molecule has 0 heteroatoms. The van der Waals surface area contributed by atoms with Crippen LogP contribution in [0, 0.1) is 0 Å². The van der Waals surface area contributed by atoms with Crippen LogP contribution in [0.3, 0.4) is 0 Å². The van der Waals surface area contributed by atoms with Gasteiger partial charge in [-0.2, -0.15) is 0 Å². The predicted octanol–water partition coefficient (Wildman–Crippen LogP) is 7.44. The second kappa shape index (κ2) is 30.5. The Morgan fingerprint density at radius 3 is 1.05 bits per heavy atom. The summed E-state index contributed by atoms with van der Waals surface area (Å²) in [6, 6.07) is 0. The minimum atomic E-state index is 1.14. The van der Waals surface area contributed by atoms with Crippen molar-refractivity contribution >= 4 is 0 Å². The van der Waals surface area contributed by atoms with Gasteiger partial charge in [-0.1, -0.05) is 104 Å². The molecule has 1 aliphatic carbocycles. The number of hydrogen-bond donors (Lipinski definition) is 0. The highest BCUT2D eigenvalue weighted by Gasteiger charge is 1.99. The Morgan fingerprint density at radius 2 is 0.900 bits per heavy atom. The van der Waals surface area contributed by atoms with Gasteiger partial charge in [-0.25, -0.2) is 0 Å². The van der Waals surface area contributed by atoms with Gasteiger partial charge in [0.1, 0.15) is 0 Å². The first-order chi connectivity index (χ1) is 9.79. The third-order valence-electron chi connectivity index (χ3n) is 1.83. The predicted molar refractivity (Wildman–Crippen MR) is 100 cm³/mol. The van der Waals surface area contributed by atoms with Crippen molar-refractivity contribution in [3.8, 4) is 0 Å². The van der Waals surface area contributed by atoms with Crippen molar-refractivity contribution in [2.45, 2.75) is 54.4 Å². The van der Waals surface area contributed by atoms with Crippen LogP contribution in [0.25, 0.3) is 0 Å². The zero-order valence-electron chi connectivity index (χ0n) is 14.7. The van der Waals surface area contributed by atoms with Crippen molar-refractivity contribution in [3.63, 3.8) is 0 Å². The van der Waals surface area contributed by atoms with Crippen molar-refractivity contribution in [1.82, 2.24) is 0 Å². The van der Waals surface area contributed by atoms with Gasteiger partial charge < -0.3 is 0 Å². The molecule has 116 valence electrons. The Hall–Kier alpha value is -1.56. The summed E-state index contributed by atoms with van der Waals surface area (Å²) in [4.78, 5) is 0. The SMILES string of the molecule is C=CC1=CCCC=C1C=C.C=CC=C.CC.CC.CC. The molecule has 20 heavy (non-hydrogen) atoms. The van der Waals surface area contributed by atoms with Crippen LogP contribution in [0.4, 0.5) is 0 Å². The monoisotopic (exact) mass is 276 g/mol. The average Bonchev–Trinajstić information content (AvgIpc) is 2.60. The molecule has 1 rings (SSSR count). The summed E-state index contributed by atoms with van der Waals surface area (Å²) in [6.45, 7) is 26.2. The highest BCUT2D eigenvalue weighted by molar-refractivity contribution is 5.46. The molecule has 0 spiro atoms. The van der Waals surface area contributed by atoms with Gasteiger partial charge in [-0.05, 0) is 24.0 Å². The summed E-state index contributed by atoms with van der Waals surface area (Å²) in [7, 11) is 0. The molecule has 0 unspecified atom stereocenters. The summed E-state index contributed by atoms with van der Waals surface area (Å²) in [5, 5.41) is 0. The van der Waals surface area contributed by atoms with Gasteiger partial charge in [-0.15, -0.1) is 0 Å². The highest BCUT2D eigenvalue weighted by Crippen LogP contribution is 2.19. The lowest BCUT2D eigenvalue weighted by molar-refractivity contribution is 1.01. The van der Waals surface area contributed by atoms with E-state index >= 15 is 0 Å². The molecular weight excluding hydrogens is 240 g/mol. The van der Waals surface area contributed by atoms with Gasteiger partial charge in [-0.3, -0.25) is 0 Å². The molecule has 0 fully saturated rings. The molecule has 0 aliphatic heterocycles. The minimum Gasteiger partial charge on any atom is -0.0991 e. The van der Waals surface area contributed by atoms with Gasteiger partial charge in [0.2, 0.25) is 0 Å². The molecule has 1 aliphatic rings. The second-order valence-corrected chi connectivity index (χ2v) is 2.78. The first-order valence-electron chi connectivity index (χ1n) is 7.69. The second-order valence-electron chi connectivity index (χ2n) is 2.78. The maximum absolute atomic E-state index is 3.73. The van der Waals surface area contributed by atoms with E-state index in [1.807, 2.05) is 53.7 Å². The van der Waals surface area contributed by atoms with E-state index in [1.54, 1.807) is 12.2 Å². The molecule has 0 aromatic carbocycles. The maximum atomic E-state index is 3.73. The Balaban J connectivity index is -0.000000108. The number of allylic oxidation sites excluding steroid dienone is 8.